The lowest BCUT2D eigenvalue weighted by Crippen LogP contribution is -2.16. The third kappa shape index (κ3) is 5.12. The van der Waals surface area contributed by atoms with Crippen LogP contribution in [0.1, 0.15) is 62.8 Å². The predicted molar refractivity (Wildman–Crippen MR) is 146 cm³/mol. The molecule has 0 heterocycles. The molecule has 0 saturated heterocycles. The summed E-state index contributed by atoms with van der Waals surface area (Å²) in [5, 5.41) is 10.7. The fourth-order valence-electron chi connectivity index (χ4n) is 4.43. The number of halogens is 2. The number of carbonyl (C=O) groups excluding carboxylic acids is 1. The normalized spacial score (nSPS) is 16.3. The molecule has 0 unspecified atom stereocenters. The van der Waals surface area contributed by atoms with Crippen molar-refractivity contribution in [2.75, 3.05) is 0 Å². The minimum atomic E-state index is -4.57. The van der Waals surface area contributed by atoms with Crippen molar-refractivity contribution in [3.63, 3.8) is 0 Å². The van der Waals surface area contributed by atoms with E-state index in [2.05, 4.69) is 31.9 Å². The summed E-state index contributed by atoms with van der Waals surface area (Å²) in [6, 6.07) is 8.10. The van der Waals surface area contributed by atoms with E-state index in [9.17, 15) is 22.9 Å². The Balaban J connectivity index is 2.70. The molecular weight excluding hydrogens is 596 g/mol. The average molecular weight is 624 g/mol. The number of phenolic OH excluding ortho intramolecular Hbond substituents is 1. The highest BCUT2D eigenvalue weighted by Gasteiger charge is 2.31. The Morgan fingerprint density at radius 1 is 0.971 bits per heavy atom. The summed E-state index contributed by atoms with van der Waals surface area (Å²) >= 11 is 7.05. The molecule has 8 heteroatoms. The first kappa shape index (κ1) is 27.6. The molecule has 2 aromatic carbocycles. The Kier molecular flexibility index (Phi) is 8.01. The monoisotopic (exact) mass is 622 g/mol. The van der Waals surface area contributed by atoms with E-state index in [1.807, 2.05) is 33.8 Å². The van der Waals surface area contributed by atoms with Gasteiger partial charge in [-0.1, -0.05) is 45.9 Å². The molecule has 3 rings (SSSR count). The Morgan fingerprint density at radius 2 is 1.57 bits per heavy atom. The Bertz CT molecular complexity index is 1430. The molecule has 0 bridgehead atoms. The average Bonchev–Trinajstić information content (AvgIpc) is 2.75. The van der Waals surface area contributed by atoms with Crippen LogP contribution in [-0.4, -0.2) is 23.9 Å². The number of hydrogen-bond acceptors (Lipinski definition) is 4. The third-order valence-corrected chi connectivity index (χ3v) is 8.54. The van der Waals surface area contributed by atoms with Crippen LogP contribution in [0.5, 0.6) is 5.75 Å². The zero-order chi connectivity index (χ0) is 26.4. The van der Waals surface area contributed by atoms with E-state index >= 15 is 0 Å². The minimum absolute atomic E-state index is 0.0513. The molecule has 2 aromatic rings. The van der Waals surface area contributed by atoms with Gasteiger partial charge in [0, 0.05) is 5.56 Å². The van der Waals surface area contributed by atoms with Crippen molar-refractivity contribution in [2.24, 2.45) is 5.92 Å². The summed E-state index contributed by atoms with van der Waals surface area (Å²) in [6.45, 7) is 11.4. The van der Waals surface area contributed by atoms with Gasteiger partial charge in [-0.15, -0.1) is 0 Å². The number of benzene rings is 2. The summed E-state index contributed by atoms with van der Waals surface area (Å²) < 4.78 is 36.0. The van der Waals surface area contributed by atoms with Crippen molar-refractivity contribution in [3.8, 4) is 5.75 Å². The van der Waals surface area contributed by atoms with Gasteiger partial charge in [0.25, 0.3) is 10.1 Å². The molecule has 0 aromatic heterocycles. The molecule has 0 atom stereocenters. The van der Waals surface area contributed by atoms with Crippen LogP contribution in [0.4, 0.5) is 0 Å². The predicted octanol–water partition coefficient (Wildman–Crippen LogP) is 7.47. The van der Waals surface area contributed by atoms with Gasteiger partial charge in [-0.25, -0.2) is 0 Å². The number of aryl methyl sites for hydroxylation is 1. The number of rotatable bonds is 5. The van der Waals surface area contributed by atoms with Crippen LogP contribution >= 0.6 is 31.9 Å². The molecule has 0 spiro atoms. The standard InChI is InChI=1S/C27H28Br2O5S/c1-13(2)21-18(11-15(5)26(30)24(21)28)23(17-9-7-8-10-20(17)35(32,33)34)19-12-16(6)27(31)25(29)22(19)14(3)4/h7-14,30H,1-6H3,(H,32,33,34)/b23-19+. The number of ketones is 1. The zero-order valence-electron chi connectivity index (χ0n) is 20.4. The summed E-state index contributed by atoms with van der Waals surface area (Å²) in [6.07, 6.45) is 1.78. The van der Waals surface area contributed by atoms with Crippen LogP contribution in [-0.2, 0) is 14.9 Å². The second kappa shape index (κ2) is 10.2. The first-order valence-electron chi connectivity index (χ1n) is 11.1. The Labute approximate surface area is 223 Å². The van der Waals surface area contributed by atoms with Gasteiger partial charge in [-0.2, -0.15) is 8.42 Å². The highest BCUT2D eigenvalue weighted by Crippen LogP contribution is 2.47. The maximum absolute atomic E-state index is 12.9. The number of hydrogen-bond donors (Lipinski definition) is 2. The molecular formula is C27H28Br2O5S. The molecule has 1 aliphatic rings. The SMILES string of the molecule is CC1=C/C(=C(/c2ccccc2S(=O)(=O)O)c2cc(C)c(O)c(Br)c2C(C)C)C(C(C)C)=C(Br)C1=O. The Hall–Kier alpha value is -2.00. The lowest BCUT2D eigenvalue weighted by molar-refractivity contribution is -0.111. The van der Waals surface area contributed by atoms with Gasteiger partial charge in [0.2, 0.25) is 0 Å². The number of Topliss-reactive ketones (excluding diaryl/α,β-unsaturated/α-hetero) is 1. The van der Waals surface area contributed by atoms with E-state index in [0.717, 1.165) is 11.1 Å². The summed E-state index contributed by atoms with van der Waals surface area (Å²) in [5.74, 6) is -0.155. The van der Waals surface area contributed by atoms with Crippen LogP contribution in [0.25, 0.3) is 5.57 Å². The number of phenols is 1. The molecule has 0 amide bonds. The first-order valence-corrected chi connectivity index (χ1v) is 14.2. The van der Waals surface area contributed by atoms with Gasteiger partial charge in [0.05, 0.1) is 8.96 Å². The number of aromatic hydroxyl groups is 1. The zero-order valence-corrected chi connectivity index (χ0v) is 24.4. The topological polar surface area (TPSA) is 91.7 Å². The van der Waals surface area contributed by atoms with Crippen molar-refractivity contribution < 1.29 is 22.9 Å². The maximum atomic E-state index is 12.9. The van der Waals surface area contributed by atoms with Crippen molar-refractivity contribution in [1.82, 2.24) is 0 Å². The summed E-state index contributed by atoms with van der Waals surface area (Å²) in [7, 11) is -4.57. The van der Waals surface area contributed by atoms with Crippen molar-refractivity contribution in [1.29, 1.82) is 0 Å². The molecule has 0 saturated carbocycles. The summed E-state index contributed by atoms with van der Waals surface area (Å²) in [5.41, 5.74) is 4.85. The highest BCUT2D eigenvalue weighted by molar-refractivity contribution is 9.12. The molecule has 0 radical (unpaired) electrons. The molecule has 5 nitrogen and oxygen atoms in total. The van der Waals surface area contributed by atoms with Gasteiger partial charge in [-0.05, 0) is 115 Å². The molecule has 35 heavy (non-hydrogen) atoms. The van der Waals surface area contributed by atoms with Crippen LogP contribution in [0, 0.1) is 12.8 Å². The second-order valence-corrected chi connectivity index (χ2v) is 12.2. The largest absolute Gasteiger partial charge is 0.506 e. The second-order valence-electron chi connectivity index (χ2n) is 9.27. The van der Waals surface area contributed by atoms with E-state index in [4.69, 9.17) is 0 Å². The quantitative estimate of drug-likeness (QED) is 0.337. The van der Waals surface area contributed by atoms with E-state index in [0.29, 0.717) is 42.4 Å². The van der Waals surface area contributed by atoms with Crippen molar-refractivity contribution >= 4 is 53.3 Å². The smallest absolute Gasteiger partial charge is 0.295 e. The van der Waals surface area contributed by atoms with Gasteiger partial charge in [0.1, 0.15) is 10.6 Å². The van der Waals surface area contributed by atoms with E-state index in [1.165, 1.54) is 6.07 Å². The fourth-order valence-corrected chi connectivity index (χ4v) is 7.10. The van der Waals surface area contributed by atoms with E-state index in [-0.39, 0.29) is 28.3 Å². The van der Waals surface area contributed by atoms with E-state index in [1.54, 1.807) is 38.1 Å². The van der Waals surface area contributed by atoms with Crippen LogP contribution in [0.15, 0.2) is 67.0 Å². The molecule has 186 valence electrons. The lowest BCUT2D eigenvalue weighted by atomic mass is 9.78. The van der Waals surface area contributed by atoms with E-state index < -0.39 is 10.1 Å². The van der Waals surface area contributed by atoms with Gasteiger partial charge < -0.3 is 5.11 Å². The van der Waals surface area contributed by atoms with Gasteiger partial charge in [-0.3, -0.25) is 9.35 Å². The summed E-state index contributed by atoms with van der Waals surface area (Å²) in [4.78, 5) is 12.6. The van der Waals surface area contributed by atoms with Crippen molar-refractivity contribution in [3.05, 3.63) is 84.3 Å². The van der Waals surface area contributed by atoms with Gasteiger partial charge >= 0.3 is 0 Å². The lowest BCUT2D eigenvalue weighted by Gasteiger charge is -2.28. The highest BCUT2D eigenvalue weighted by atomic mass is 79.9. The maximum Gasteiger partial charge on any atom is 0.295 e. The Morgan fingerprint density at radius 3 is 2.11 bits per heavy atom. The van der Waals surface area contributed by atoms with Crippen LogP contribution in [0.3, 0.4) is 0 Å². The molecule has 1 aliphatic carbocycles. The molecule has 0 fully saturated rings. The van der Waals surface area contributed by atoms with Gasteiger partial charge in [0.15, 0.2) is 5.78 Å². The first-order chi connectivity index (χ1) is 16.2. The van der Waals surface area contributed by atoms with Crippen LogP contribution in [0.2, 0.25) is 0 Å². The third-order valence-electron chi connectivity index (χ3n) is 6.04. The van der Waals surface area contributed by atoms with Crippen molar-refractivity contribution in [2.45, 2.75) is 52.4 Å². The van der Waals surface area contributed by atoms with Crippen LogP contribution < -0.4 is 0 Å². The minimum Gasteiger partial charge on any atom is -0.506 e. The number of allylic oxidation sites excluding steroid dienone is 5. The number of carbonyl (C=O) groups is 1. The molecule has 0 aliphatic heterocycles. The fraction of sp³-hybridized carbons (Fsp3) is 0.296. The molecule has 2 N–H and O–H groups in total.